The number of hydrogen-bond acceptors (Lipinski definition) is 3. The molecule has 0 bridgehead atoms. The maximum atomic E-state index is 12.1. The molecular weight excluding hydrogens is 344 g/mol. The summed E-state index contributed by atoms with van der Waals surface area (Å²) in [5, 5.41) is 7.28. The first kappa shape index (κ1) is 20.7. The molecule has 3 unspecified atom stereocenters. The van der Waals surface area contributed by atoms with Crippen molar-refractivity contribution in [3.05, 3.63) is 30.3 Å². The summed E-state index contributed by atoms with van der Waals surface area (Å²) in [7, 11) is 3.25. The highest BCUT2D eigenvalue weighted by Crippen LogP contribution is 2.22. The molecule has 0 spiro atoms. The summed E-state index contributed by atoms with van der Waals surface area (Å²) in [5.74, 6) is 1.62. The van der Waals surface area contributed by atoms with Crippen molar-refractivity contribution < 1.29 is 4.21 Å². The van der Waals surface area contributed by atoms with E-state index in [0.717, 1.165) is 56.9 Å². The lowest BCUT2D eigenvalue weighted by Crippen LogP contribution is -2.47. The molecule has 1 aromatic carbocycles. The van der Waals surface area contributed by atoms with Crippen LogP contribution in [-0.2, 0) is 10.8 Å². The summed E-state index contributed by atoms with van der Waals surface area (Å²) in [5.41, 5.74) is 1.24. The molecule has 6 heteroatoms. The van der Waals surface area contributed by atoms with Crippen molar-refractivity contribution in [3.8, 4) is 0 Å². The Balaban J connectivity index is 1.70. The van der Waals surface area contributed by atoms with Crippen LogP contribution in [0.2, 0.25) is 0 Å². The number of para-hydroxylation sites is 1. The van der Waals surface area contributed by atoms with Crippen LogP contribution in [0, 0.1) is 0 Å². The summed E-state index contributed by atoms with van der Waals surface area (Å²) in [6, 6.07) is 10.8. The van der Waals surface area contributed by atoms with Crippen molar-refractivity contribution >= 4 is 22.4 Å². The van der Waals surface area contributed by atoms with Gasteiger partial charge in [-0.15, -0.1) is 0 Å². The van der Waals surface area contributed by atoms with E-state index >= 15 is 0 Å². The van der Waals surface area contributed by atoms with Crippen molar-refractivity contribution in [2.45, 2.75) is 50.3 Å². The first-order chi connectivity index (χ1) is 12.6. The van der Waals surface area contributed by atoms with E-state index in [0.29, 0.717) is 11.3 Å². The molecule has 2 N–H and O–H groups in total. The number of hydrogen-bond donors (Lipinski definition) is 2. The standard InChI is InChI=1S/C20H34N4OS/c1-4-26(25)19-13-8-10-17(16-19)23-20(21-2)22-14-9-15-24(3)18-11-6-5-7-12-18/h5-7,11-12,17,19H,4,8-10,13-16H2,1-3H3,(H2,21,22,23). The Morgan fingerprint density at radius 2 is 2.08 bits per heavy atom. The van der Waals surface area contributed by atoms with Gasteiger partial charge in [-0.1, -0.05) is 31.5 Å². The lowest BCUT2D eigenvalue weighted by molar-refractivity contribution is 0.413. The number of anilines is 1. The fraction of sp³-hybridized carbons (Fsp3) is 0.650. The quantitative estimate of drug-likeness (QED) is 0.415. The van der Waals surface area contributed by atoms with E-state index in [2.05, 4.69) is 51.8 Å². The van der Waals surface area contributed by atoms with Crippen molar-refractivity contribution in [1.29, 1.82) is 0 Å². The number of aliphatic imine (C=N–C) groups is 1. The zero-order chi connectivity index (χ0) is 18.8. The van der Waals surface area contributed by atoms with E-state index in [1.807, 2.05) is 20.0 Å². The number of benzene rings is 1. The van der Waals surface area contributed by atoms with E-state index in [-0.39, 0.29) is 0 Å². The fourth-order valence-electron chi connectivity index (χ4n) is 3.47. The second-order valence-corrected chi connectivity index (χ2v) is 8.91. The Kier molecular flexibility index (Phi) is 8.95. The van der Waals surface area contributed by atoms with Gasteiger partial charge in [-0.3, -0.25) is 9.20 Å². The van der Waals surface area contributed by atoms with Crippen LogP contribution in [0.3, 0.4) is 0 Å². The van der Waals surface area contributed by atoms with Gasteiger partial charge in [-0.25, -0.2) is 0 Å². The molecule has 0 aromatic heterocycles. The maximum Gasteiger partial charge on any atom is 0.191 e. The minimum absolute atomic E-state index is 0.337. The molecule has 3 atom stereocenters. The average Bonchev–Trinajstić information content (AvgIpc) is 2.70. The normalized spacial score (nSPS) is 21.9. The summed E-state index contributed by atoms with van der Waals surface area (Å²) in [6.45, 7) is 3.89. The Morgan fingerprint density at radius 3 is 2.77 bits per heavy atom. The van der Waals surface area contributed by atoms with Crippen molar-refractivity contribution in [2.75, 3.05) is 37.8 Å². The van der Waals surface area contributed by atoms with E-state index < -0.39 is 10.8 Å². The average molecular weight is 379 g/mol. The largest absolute Gasteiger partial charge is 0.375 e. The SMILES string of the molecule is CCS(=O)C1CCCC(NC(=NC)NCCCN(C)c2ccccc2)C1. The number of guanidine groups is 1. The van der Waals surface area contributed by atoms with Crippen LogP contribution in [0.25, 0.3) is 0 Å². The van der Waals surface area contributed by atoms with E-state index in [9.17, 15) is 4.21 Å². The van der Waals surface area contributed by atoms with Gasteiger partial charge in [0.05, 0.1) is 0 Å². The molecule has 0 aliphatic heterocycles. The molecule has 1 aromatic rings. The number of nitrogens with one attached hydrogen (secondary N) is 2. The minimum Gasteiger partial charge on any atom is -0.375 e. The summed E-state index contributed by atoms with van der Waals surface area (Å²) < 4.78 is 12.1. The zero-order valence-electron chi connectivity index (χ0n) is 16.4. The third-order valence-electron chi connectivity index (χ3n) is 5.01. The zero-order valence-corrected chi connectivity index (χ0v) is 17.2. The predicted molar refractivity (Wildman–Crippen MR) is 114 cm³/mol. The molecule has 1 saturated carbocycles. The molecule has 5 nitrogen and oxygen atoms in total. The smallest absolute Gasteiger partial charge is 0.191 e. The topological polar surface area (TPSA) is 56.7 Å². The van der Waals surface area contributed by atoms with Gasteiger partial charge < -0.3 is 15.5 Å². The Bertz CT molecular complexity index is 578. The highest BCUT2D eigenvalue weighted by Gasteiger charge is 2.25. The van der Waals surface area contributed by atoms with Gasteiger partial charge in [0.25, 0.3) is 0 Å². The Morgan fingerprint density at radius 1 is 1.31 bits per heavy atom. The number of nitrogens with zero attached hydrogens (tertiary/aromatic N) is 2. The first-order valence-corrected chi connectivity index (χ1v) is 11.1. The van der Waals surface area contributed by atoms with Crippen LogP contribution < -0.4 is 15.5 Å². The molecule has 1 aliphatic rings. The second-order valence-electron chi connectivity index (χ2n) is 6.91. The summed E-state index contributed by atoms with van der Waals surface area (Å²) in [4.78, 5) is 6.62. The molecule has 0 heterocycles. The van der Waals surface area contributed by atoms with E-state index in [4.69, 9.17) is 0 Å². The monoisotopic (exact) mass is 378 g/mol. The molecular formula is C20H34N4OS. The van der Waals surface area contributed by atoms with Gasteiger partial charge in [0.2, 0.25) is 0 Å². The van der Waals surface area contributed by atoms with Crippen LogP contribution in [-0.4, -0.2) is 54.4 Å². The van der Waals surface area contributed by atoms with Crippen molar-refractivity contribution in [3.63, 3.8) is 0 Å². The van der Waals surface area contributed by atoms with Crippen LogP contribution in [0.1, 0.15) is 39.0 Å². The second kappa shape index (κ2) is 11.2. The van der Waals surface area contributed by atoms with Gasteiger partial charge >= 0.3 is 0 Å². The third-order valence-corrected chi connectivity index (χ3v) is 6.75. The van der Waals surface area contributed by atoms with Gasteiger partial charge in [0, 0.05) is 60.7 Å². The third kappa shape index (κ3) is 6.63. The molecule has 0 saturated heterocycles. The Labute approximate surface area is 161 Å². The fourth-order valence-corrected chi connectivity index (χ4v) is 4.82. The molecule has 2 rings (SSSR count). The molecule has 1 fully saturated rings. The van der Waals surface area contributed by atoms with Gasteiger partial charge in [0.1, 0.15) is 0 Å². The van der Waals surface area contributed by atoms with Crippen LogP contribution >= 0.6 is 0 Å². The first-order valence-electron chi connectivity index (χ1n) is 9.74. The van der Waals surface area contributed by atoms with Gasteiger partial charge in [0.15, 0.2) is 5.96 Å². The van der Waals surface area contributed by atoms with Gasteiger partial charge in [-0.2, -0.15) is 0 Å². The number of rotatable bonds is 8. The van der Waals surface area contributed by atoms with E-state index in [1.165, 1.54) is 5.69 Å². The summed E-state index contributed by atoms with van der Waals surface area (Å²) >= 11 is 0. The molecule has 146 valence electrons. The maximum absolute atomic E-state index is 12.1. The van der Waals surface area contributed by atoms with Crippen LogP contribution in [0.5, 0.6) is 0 Å². The lowest BCUT2D eigenvalue weighted by Gasteiger charge is -2.30. The summed E-state index contributed by atoms with van der Waals surface area (Å²) in [6.07, 6.45) is 5.40. The molecule has 0 radical (unpaired) electrons. The highest BCUT2D eigenvalue weighted by atomic mass is 32.2. The Hall–Kier alpha value is -1.56. The lowest BCUT2D eigenvalue weighted by atomic mass is 9.95. The predicted octanol–water partition coefficient (Wildman–Crippen LogP) is 2.76. The van der Waals surface area contributed by atoms with Gasteiger partial charge in [-0.05, 0) is 37.8 Å². The van der Waals surface area contributed by atoms with Crippen molar-refractivity contribution in [2.24, 2.45) is 4.99 Å². The van der Waals surface area contributed by atoms with E-state index in [1.54, 1.807) is 0 Å². The van der Waals surface area contributed by atoms with Crippen LogP contribution in [0.15, 0.2) is 35.3 Å². The molecule has 0 amide bonds. The van der Waals surface area contributed by atoms with Crippen molar-refractivity contribution in [1.82, 2.24) is 10.6 Å². The van der Waals surface area contributed by atoms with Crippen LogP contribution in [0.4, 0.5) is 5.69 Å². The minimum atomic E-state index is -0.687. The highest BCUT2D eigenvalue weighted by molar-refractivity contribution is 7.85. The molecule has 1 aliphatic carbocycles. The molecule has 26 heavy (non-hydrogen) atoms.